The predicted octanol–water partition coefficient (Wildman–Crippen LogP) is 7.17. The molecule has 1 aliphatic heterocycles. The lowest BCUT2D eigenvalue weighted by Crippen LogP contribution is -2.44. The third kappa shape index (κ3) is 5.11. The van der Waals surface area contributed by atoms with E-state index >= 15 is 0 Å². The number of aromatic nitrogens is 1. The number of rotatable bonds is 6. The molecule has 2 aromatic carbocycles. The summed E-state index contributed by atoms with van der Waals surface area (Å²) in [6, 6.07) is 8.26. The van der Waals surface area contributed by atoms with Crippen molar-refractivity contribution < 1.29 is 19.0 Å². The number of aryl methyl sites for hydroxylation is 2. The van der Waals surface area contributed by atoms with Crippen LogP contribution in [0.1, 0.15) is 64.2 Å². The van der Waals surface area contributed by atoms with Crippen LogP contribution < -0.4 is 4.87 Å². The van der Waals surface area contributed by atoms with Gasteiger partial charge >= 0.3 is 10.8 Å². The molecule has 1 unspecified atom stereocenters. The van der Waals surface area contributed by atoms with Gasteiger partial charge in [-0.05, 0) is 66.0 Å². The van der Waals surface area contributed by atoms with Crippen LogP contribution in [0.3, 0.4) is 0 Å². The smallest absolute Gasteiger partial charge is 0.349 e. The van der Waals surface area contributed by atoms with Crippen LogP contribution in [0.5, 0.6) is 0 Å². The number of aliphatic hydroxyl groups is 1. The first kappa shape index (κ1) is 26.5. The third-order valence-electron chi connectivity index (χ3n) is 6.84. The molecule has 1 aromatic heterocycles. The van der Waals surface area contributed by atoms with Crippen molar-refractivity contribution in [1.29, 1.82) is 0 Å². The quantitative estimate of drug-likeness (QED) is 0.331. The number of benzene rings is 2. The first-order valence-corrected chi connectivity index (χ1v) is 13.7. The molecule has 0 spiro atoms. The fourth-order valence-corrected chi connectivity index (χ4v) is 7.26. The molecule has 0 radical (unpaired) electrons. The number of esters is 1. The summed E-state index contributed by atoms with van der Waals surface area (Å²) < 4.78 is 20.2. The summed E-state index contributed by atoms with van der Waals surface area (Å²) in [6.07, 6.45) is 1.32. The summed E-state index contributed by atoms with van der Waals surface area (Å²) in [7, 11) is 0. The number of carbonyl (C=O) groups excluding carboxylic acids is 1. The molecule has 1 aliphatic rings. The van der Waals surface area contributed by atoms with Crippen molar-refractivity contribution >= 4 is 39.3 Å². The number of thiazole rings is 1. The van der Waals surface area contributed by atoms with Gasteiger partial charge in [0.15, 0.2) is 0 Å². The van der Waals surface area contributed by atoms with Crippen molar-refractivity contribution in [3.63, 3.8) is 0 Å². The van der Waals surface area contributed by atoms with Gasteiger partial charge < -0.3 is 14.8 Å². The summed E-state index contributed by atoms with van der Waals surface area (Å²) in [6.45, 7) is 12.1. The van der Waals surface area contributed by atoms with Gasteiger partial charge in [0.25, 0.3) is 0 Å². The Morgan fingerprint density at radius 3 is 2.47 bits per heavy atom. The van der Waals surface area contributed by atoms with Crippen molar-refractivity contribution in [2.75, 3.05) is 0 Å². The topological polar surface area (TPSA) is 79.4 Å². The lowest BCUT2D eigenvalue weighted by atomic mass is 9.80. The minimum atomic E-state index is -0.855. The molecule has 192 valence electrons. The van der Waals surface area contributed by atoms with Crippen LogP contribution in [0.25, 0.3) is 10.2 Å². The van der Waals surface area contributed by atoms with E-state index in [1.165, 1.54) is 23.9 Å². The Kier molecular flexibility index (Phi) is 7.14. The fraction of sp³-hybridized carbons (Fsp3) is 0.429. The maximum absolute atomic E-state index is 13.3. The van der Waals surface area contributed by atoms with Gasteiger partial charge in [-0.2, -0.15) is 0 Å². The Morgan fingerprint density at radius 1 is 1.22 bits per heavy atom. The summed E-state index contributed by atoms with van der Waals surface area (Å²) in [5, 5.41) is 11.2. The molecular formula is C28H32FNO4S2. The number of fused-ring (bicyclic) bond motifs is 1. The normalized spacial score (nSPS) is 18.8. The lowest BCUT2D eigenvalue weighted by molar-refractivity contribution is -0.164. The van der Waals surface area contributed by atoms with E-state index < -0.39 is 11.6 Å². The number of hydrogen-bond acceptors (Lipinski definition) is 6. The zero-order valence-electron chi connectivity index (χ0n) is 21.5. The third-order valence-corrected chi connectivity index (χ3v) is 8.89. The highest BCUT2D eigenvalue weighted by Crippen LogP contribution is 2.47. The largest absolute Gasteiger partial charge is 0.511 e. The number of nitrogens with one attached hydrogen (secondary N) is 1. The van der Waals surface area contributed by atoms with Crippen LogP contribution >= 0.6 is 23.1 Å². The van der Waals surface area contributed by atoms with Crippen molar-refractivity contribution in [2.24, 2.45) is 5.92 Å². The molecule has 0 fully saturated rings. The van der Waals surface area contributed by atoms with E-state index in [4.69, 9.17) is 4.74 Å². The standard InChI is InChI=1S/C28H32FNO4S2/c1-15(2)28(12-11-17-7-9-18(29)10-8-17)14-19(31)23(25(32)34-28)35-20-13-16(3)22-24(36-26(33)30-22)21(20)27(4,5)6/h7-10,13,15,31H,11-12,14H2,1-6H3,(H,30,33). The second kappa shape index (κ2) is 9.71. The Hall–Kier alpha value is -2.58. The number of halogens is 1. The summed E-state index contributed by atoms with van der Waals surface area (Å²) in [5.41, 5.74) is 2.46. The molecule has 3 aromatic rings. The minimum absolute atomic E-state index is 0.0175. The van der Waals surface area contributed by atoms with Crippen LogP contribution in [-0.4, -0.2) is 21.7 Å². The van der Waals surface area contributed by atoms with Crippen LogP contribution in [0.15, 0.2) is 50.7 Å². The minimum Gasteiger partial charge on any atom is -0.511 e. The zero-order chi connectivity index (χ0) is 26.4. The van der Waals surface area contributed by atoms with E-state index in [0.29, 0.717) is 12.8 Å². The Morgan fingerprint density at radius 2 is 1.89 bits per heavy atom. The zero-order valence-corrected chi connectivity index (χ0v) is 23.1. The van der Waals surface area contributed by atoms with Gasteiger partial charge in [-0.25, -0.2) is 9.18 Å². The fourth-order valence-electron chi connectivity index (χ4n) is 4.74. The molecule has 0 saturated heterocycles. The molecular weight excluding hydrogens is 497 g/mol. The molecule has 0 aliphatic carbocycles. The highest BCUT2D eigenvalue weighted by molar-refractivity contribution is 8.04. The van der Waals surface area contributed by atoms with E-state index in [1.807, 2.05) is 26.8 Å². The maximum Gasteiger partial charge on any atom is 0.349 e. The summed E-state index contributed by atoms with van der Waals surface area (Å²) in [4.78, 5) is 29.3. The van der Waals surface area contributed by atoms with Crippen LogP contribution in [0, 0.1) is 18.7 Å². The number of ether oxygens (including phenoxy) is 1. The van der Waals surface area contributed by atoms with E-state index in [-0.39, 0.29) is 39.1 Å². The van der Waals surface area contributed by atoms with Gasteiger partial charge in [-0.1, -0.05) is 69.9 Å². The van der Waals surface area contributed by atoms with Crippen LogP contribution in [0.2, 0.25) is 0 Å². The molecule has 2 N–H and O–H groups in total. The number of H-pyrrole nitrogens is 1. The van der Waals surface area contributed by atoms with E-state index in [0.717, 1.165) is 43.1 Å². The molecule has 1 atom stereocenters. The number of cyclic esters (lactones) is 1. The second-order valence-corrected chi connectivity index (χ2v) is 12.9. The van der Waals surface area contributed by atoms with Gasteiger partial charge in [0, 0.05) is 11.3 Å². The first-order chi connectivity index (χ1) is 16.8. The monoisotopic (exact) mass is 529 g/mol. The average Bonchev–Trinajstić information content (AvgIpc) is 3.16. The van der Waals surface area contributed by atoms with Gasteiger partial charge in [0.2, 0.25) is 0 Å². The number of thioether (sulfide) groups is 1. The highest BCUT2D eigenvalue weighted by atomic mass is 32.2. The van der Waals surface area contributed by atoms with Crippen molar-refractivity contribution in [3.05, 3.63) is 73.2 Å². The van der Waals surface area contributed by atoms with Gasteiger partial charge in [0.05, 0.1) is 10.2 Å². The first-order valence-electron chi connectivity index (χ1n) is 12.1. The van der Waals surface area contributed by atoms with Crippen molar-refractivity contribution in [3.8, 4) is 0 Å². The molecule has 0 saturated carbocycles. The van der Waals surface area contributed by atoms with Crippen molar-refractivity contribution in [2.45, 2.75) is 76.7 Å². The number of carbonyl (C=O) groups is 1. The second-order valence-electron chi connectivity index (χ2n) is 10.8. The SMILES string of the molecule is Cc1cc(SC2=C(O)CC(CCc3ccc(F)cc3)(C(C)C)OC2=O)c(C(C)(C)C)c2sc(=O)[nH]c12. The molecule has 2 heterocycles. The molecule has 0 amide bonds. The van der Waals surface area contributed by atoms with Crippen LogP contribution in [0.4, 0.5) is 4.39 Å². The van der Waals surface area contributed by atoms with E-state index in [1.54, 1.807) is 12.1 Å². The number of aromatic amines is 1. The molecule has 4 rings (SSSR count). The van der Waals surface area contributed by atoms with Crippen LogP contribution in [-0.2, 0) is 21.4 Å². The molecule has 36 heavy (non-hydrogen) atoms. The Labute approximate surface area is 218 Å². The lowest BCUT2D eigenvalue weighted by Gasteiger charge is -2.40. The molecule has 0 bridgehead atoms. The molecule has 8 heteroatoms. The summed E-state index contributed by atoms with van der Waals surface area (Å²) >= 11 is 2.37. The maximum atomic E-state index is 13.3. The van der Waals surface area contributed by atoms with Gasteiger partial charge in [0.1, 0.15) is 22.1 Å². The van der Waals surface area contributed by atoms with E-state index in [2.05, 4.69) is 25.8 Å². The Bertz CT molecular complexity index is 1400. The predicted molar refractivity (Wildman–Crippen MR) is 144 cm³/mol. The van der Waals surface area contributed by atoms with Crippen molar-refractivity contribution in [1.82, 2.24) is 4.98 Å². The van der Waals surface area contributed by atoms with E-state index in [9.17, 15) is 19.1 Å². The molecule has 5 nitrogen and oxygen atoms in total. The number of aliphatic hydroxyl groups excluding tert-OH is 1. The summed E-state index contributed by atoms with van der Waals surface area (Å²) in [5.74, 6) is -0.851. The Balaban J connectivity index is 1.69. The highest BCUT2D eigenvalue weighted by Gasteiger charge is 2.44. The van der Waals surface area contributed by atoms with Gasteiger partial charge in [-0.15, -0.1) is 0 Å². The average molecular weight is 530 g/mol. The number of hydrogen-bond donors (Lipinski definition) is 2. The van der Waals surface area contributed by atoms with Gasteiger partial charge in [-0.3, -0.25) is 4.79 Å².